The van der Waals surface area contributed by atoms with Gasteiger partial charge in [-0.3, -0.25) is 0 Å². The summed E-state index contributed by atoms with van der Waals surface area (Å²) < 4.78 is 0. The van der Waals surface area contributed by atoms with Gasteiger partial charge in [0.05, 0.1) is 0 Å². The van der Waals surface area contributed by atoms with Crippen molar-refractivity contribution < 1.29 is 5.11 Å². The van der Waals surface area contributed by atoms with E-state index in [-0.39, 0.29) is 5.22 Å². The van der Waals surface area contributed by atoms with E-state index in [4.69, 9.17) is 0 Å². The predicted octanol–water partition coefficient (Wildman–Crippen LogP) is 1.42. The first-order valence-electron chi connectivity index (χ1n) is 4.84. The minimum Gasteiger partial charge on any atom is -0.394 e. The monoisotopic (exact) mass is 174 g/mol. The molecule has 1 atom stereocenters. The second kappa shape index (κ2) is 5.78. The highest BCUT2D eigenvalue weighted by atomic mass is 28.1. The number of rotatable bonds is 6. The molecule has 0 fully saturated rings. The number of hydrogen-bond donors (Lipinski definition) is 1. The van der Waals surface area contributed by atoms with E-state index >= 15 is 0 Å². The third-order valence-electron chi connectivity index (χ3n) is 2.33. The van der Waals surface area contributed by atoms with Crippen LogP contribution < -0.4 is 0 Å². The second-order valence-electron chi connectivity index (χ2n) is 3.66. The maximum absolute atomic E-state index is 9.68. The molecule has 1 unspecified atom stereocenters. The topological polar surface area (TPSA) is 20.2 Å². The first-order valence-corrected chi connectivity index (χ1v) is 5.84. The molecule has 1 N–H and O–H groups in total. The molecule has 0 aromatic heterocycles. The minimum absolute atomic E-state index is 0.270. The molecule has 0 heterocycles. The molecule has 0 radical (unpaired) electrons. The first kappa shape index (κ1) is 11.2. The summed E-state index contributed by atoms with van der Waals surface area (Å²) in [4.78, 5) is 0. The van der Waals surface area contributed by atoms with Crippen molar-refractivity contribution in [2.45, 2.75) is 57.6 Å². The van der Waals surface area contributed by atoms with E-state index in [2.05, 4.69) is 13.8 Å². The Labute approximate surface area is 73.6 Å². The highest BCUT2D eigenvalue weighted by Gasteiger charge is 2.15. The quantitative estimate of drug-likeness (QED) is 0.477. The smallest absolute Gasteiger partial charge is 0.0449 e. The Morgan fingerprint density at radius 1 is 1.18 bits per heavy atom. The lowest BCUT2D eigenvalue weighted by molar-refractivity contribution is 0.110. The molecule has 2 heteroatoms. The van der Waals surface area contributed by atoms with Crippen LogP contribution in [0.3, 0.4) is 0 Å². The van der Waals surface area contributed by atoms with Crippen LogP contribution in [0.1, 0.15) is 52.4 Å². The third-order valence-corrected chi connectivity index (χ3v) is 3.54. The van der Waals surface area contributed by atoms with Gasteiger partial charge in [-0.15, -0.1) is 0 Å². The molecular formula is C9H22OSi. The Bertz CT molecular complexity index is 91.6. The summed E-state index contributed by atoms with van der Waals surface area (Å²) in [5, 5.41) is 9.41. The summed E-state index contributed by atoms with van der Waals surface area (Å²) in [5.74, 6) is 0. The summed E-state index contributed by atoms with van der Waals surface area (Å²) in [6, 6.07) is 0. The largest absolute Gasteiger partial charge is 0.394 e. The summed E-state index contributed by atoms with van der Waals surface area (Å²) in [7, 11) is 0.923. The van der Waals surface area contributed by atoms with Gasteiger partial charge in [-0.25, -0.2) is 0 Å². The molecule has 11 heavy (non-hydrogen) atoms. The van der Waals surface area contributed by atoms with Crippen LogP contribution >= 0.6 is 0 Å². The Balaban J connectivity index is 3.23. The highest BCUT2D eigenvalue weighted by molar-refractivity contribution is 6.14. The van der Waals surface area contributed by atoms with E-state index < -0.39 is 0 Å². The maximum atomic E-state index is 9.68. The van der Waals surface area contributed by atoms with Gasteiger partial charge in [-0.05, 0) is 12.8 Å². The number of hydrogen-bond acceptors (Lipinski definition) is 1. The Morgan fingerprint density at radius 3 is 2.27 bits per heavy atom. The lowest BCUT2D eigenvalue weighted by Gasteiger charge is -2.20. The van der Waals surface area contributed by atoms with Crippen molar-refractivity contribution in [3.63, 3.8) is 0 Å². The van der Waals surface area contributed by atoms with E-state index in [1.54, 1.807) is 0 Å². The fraction of sp³-hybridized carbons (Fsp3) is 1.00. The molecule has 0 saturated heterocycles. The third kappa shape index (κ3) is 6.57. The summed E-state index contributed by atoms with van der Waals surface area (Å²) >= 11 is 0. The molecule has 1 nitrogen and oxygen atoms in total. The van der Waals surface area contributed by atoms with Gasteiger partial charge in [0.15, 0.2) is 0 Å². The van der Waals surface area contributed by atoms with Crippen LogP contribution in [-0.4, -0.2) is 20.6 Å². The minimum atomic E-state index is -0.270. The van der Waals surface area contributed by atoms with Crippen LogP contribution in [0, 0.1) is 0 Å². The van der Waals surface area contributed by atoms with Gasteiger partial charge in [0.25, 0.3) is 0 Å². The molecule has 0 aliphatic rings. The van der Waals surface area contributed by atoms with E-state index in [0.717, 1.165) is 23.1 Å². The molecule has 0 amide bonds. The van der Waals surface area contributed by atoms with Crippen LogP contribution in [0.5, 0.6) is 0 Å². The van der Waals surface area contributed by atoms with Crippen LogP contribution in [0.4, 0.5) is 0 Å². The second-order valence-corrected chi connectivity index (χ2v) is 5.52. The van der Waals surface area contributed by atoms with Gasteiger partial charge >= 0.3 is 0 Å². The fourth-order valence-corrected chi connectivity index (χ4v) is 1.46. The summed E-state index contributed by atoms with van der Waals surface area (Å²) in [6.45, 7) is 4.29. The van der Waals surface area contributed by atoms with Crippen molar-refractivity contribution in [2.24, 2.45) is 0 Å². The van der Waals surface area contributed by atoms with E-state index in [1.807, 2.05) is 0 Å². The predicted molar refractivity (Wildman–Crippen MR) is 53.9 cm³/mol. The van der Waals surface area contributed by atoms with E-state index in [9.17, 15) is 5.11 Å². The van der Waals surface area contributed by atoms with Gasteiger partial charge in [-0.2, -0.15) is 0 Å². The maximum Gasteiger partial charge on any atom is 0.0449 e. The molecule has 68 valence electrons. The van der Waals surface area contributed by atoms with Gasteiger partial charge < -0.3 is 5.11 Å². The lowest BCUT2D eigenvalue weighted by Crippen LogP contribution is -2.27. The molecule has 0 rings (SSSR count). The van der Waals surface area contributed by atoms with Gasteiger partial charge in [0, 0.05) is 15.5 Å². The molecule has 0 spiro atoms. The van der Waals surface area contributed by atoms with Gasteiger partial charge in [0.2, 0.25) is 0 Å². The first-order chi connectivity index (χ1) is 5.12. The molecule has 0 aromatic rings. The summed E-state index contributed by atoms with van der Waals surface area (Å²) in [5.41, 5.74) is 0. The SMILES string of the molecule is CCCCCCC(O)([SiH3])CC. The zero-order chi connectivity index (χ0) is 8.74. The Kier molecular flexibility index (Phi) is 5.87. The lowest BCUT2D eigenvalue weighted by atomic mass is 10.1. The van der Waals surface area contributed by atoms with Crippen molar-refractivity contribution in [3.05, 3.63) is 0 Å². The van der Waals surface area contributed by atoms with Crippen molar-refractivity contribution in [2.75, 3.05) is 0 Å². The average Bonchev–Trinajstić information content (AvgIpc) is 1.99. The molecular weight excluding hydrogens is 152 g/mol. The summed E-state index contributed by atoms with van der Waals surface area (Å²) in [6.07, 6.45) is 7.07. The van der Waals surface area contributed by atoms with Crippen LogP contribution in [0.25, 0.3) is 0 Å². The Morgan fingerprint density at radius 2 is 1.82 bits per heavy atom. The molecule has 0 aliphatic carbocycles. The standard InChI is InChI=1S/C9H22OSi/c1-3-5-6-7-8-9(10,11)4-2/h10H,3-8H2,1-2,11H3. The number of aliphatic hydroxyl groups is 1. The number of unbranched alkanes of at least 4 members (excludes halogenated alkanes) is 3. The zero-order valence-electron chi connectivity index (χ0n) is 8.19. The Hall–Kier alpha value is 0.177. The van der Waals surface area contributed by atoms with Crippen molar-refractivity contribution in [1.82, 2.24) is 0 Å². The molecule has 0 aromatic carbocycles. The van der Waals surface area contributed by atoms with Crippen LogP contribution in [-0.2, 0) is 0 Å². The normalized spacial score (nSPS) is 16.6. The van der Waals surface area contributed by atoms with Crippen molar-refractivity contribution in [1.29, 1.82) is 0 Å². The van der Waals surface area contributed by atoms with Crippen LogP contribution in [0.2, 0.25) is 0 Å². The van der Waals surface area contributed by atoms with E-state index in [1.165, 1.54) is 25.7 Å². The molecule has 0 aliphatic heterocycles. The fourth-order valence-electron chi connectivity index (χ4n) is 1.11. The highest BCUT2D eigenvalue weighted by Crippen LogP contribution is 2.15. The van der Waals surface area contributed by atoms with Gasteiger partial charge in [0.1, 0.15) is 0 Å². The average molecular weight is 174 g/mol. The zero-order valence-corrected chi connectivity index (χ0v) is 10.2. The van der Waals surface area contributed by atoms with E-state index in [0.29, 0.717) is 0 Å². The van der Waals surface area contributed by atoms with Crippen LogP contribution in [0.15, 0.2) is 0 Å². The molecule has 0 saturated carbocycles. The van der Waals surface area contributed by atoms with Crippen molar-refractivity contribution in [3.8, 4) is 0 Å². The van der Waals surface area contributed by atoms with Gasteiger partial charge in [-0.1, -0.05) is 39.5 Å². The van der Waals surface area contributed by atoms with Crippen molar-refractivity contribution >= 4 is 10.2 Å². The molecule has 0 bridgehead atoms.